The van der Waals surface area contributed by atoms with Crippen LogP contribution in [0.3, 0.4) is 0 Å². The third kappa shape index (κ3) is 2.43. The number of nitrogens with zero attached hydrogens (tertiary/aromatic N) is 4. The first-order valence-electron chi connectivity index (χ1n) is 8.45. The molecular weight excluding hydrogens is 300 g/mol. The minimum atomic E-state index is 0.254. The van der Waals surface area contributed by atoms with Crippen LogP contribution in [0.25, 0.3) is 5.65 Å². The van der Waals surface area contributed by atoms with Crippen molar-refractivity contribution in [1.82, 2.24) is 19.6 Å². The molecule has 0 bridgehead atoms. The van der Waals surface area contributed by atoms with Crippen molar-refractivity contribution in [3.63, 3.8) is 0 Å². The molecule has 1 aliphatic carbocycles. The third-order valence-electron chi connectivity index (χ3n) is 4.70. The summed E-state index contributed by atoms with van der Waals surface area (Å²) >= 11 is 0. The van der Waals surface area contributed by atoms with Crippen LogP contribution in [0.2, 0.25) is 0 Å². The molecule has 1 aromatic carbocycles. The van der Waals surface area contributed by atoms with Gasteiger partial charge in [0.2, 0.25) is 5.65 Å². The third-order valence-corrected chi connectivity index (χ3v) is 4.70. The summed E-state index contributed by atoms with van der Waals surface area (Å²) in [6.07, 6.45) is 5.84. The Morgan fingerprint density at radius 2 is 2.21 bits per heavy atom. The van der Waals surface area contributed by atoms with Gasteiger partial charge in [0.1, 0.15) is 5.82 Å². The highest BCUT2D eigenvalue weighted by Crippen LogP contribution is 2.34. The zero-order valence-electron chi connectivity index (χ0n) is 14.0. The van der Waals surface area contributed by atoms with E-state index in [2.05, 4.69) is 52.5 Å². The lowest BCUT2D eigenvalue weighted by Gasteiger charge is -2.15. The number of fused-ring (bicyclic) bond motifs is 2. The molecule has 124 valence electrons. The van der Waals surface area contributed by atoms with E-state index < -0.39 is 0 Å². The van der Waals surface area contributed by atoms with E-state index in [0.29, 0.717) is 12.5 Å². The Balaban J connectivity index is 1.67. The molecule has 1 unspecified atom stereocenters. The van der Waals surface area contributed by atoms with E-state index in [9.17, 15) is 0 Å². The number of benzene rings is 1. The van der Waals surface area contributed by atoms with Gasteiger partial charge in [-0.05, 0) is 29.5 Å². The number of hydrogen-bond acceptors (Lipinski definition) is 5. The van der Waals surface area contributed by atoms with Crippen LogP contribution < -0.4 is 11.1 Å². The van der Waals surface area contributed by atoms with Crippen LogP contribution in [-0.2, 0) is 13.0 Å². The molecule has 6 nitrogen and oxygen atoms in total. The van der Waals surface area contributed by atoms with Crippen LogP contribution in [0.4, 0.5) is 5.82 Å². The van der Waals surface area contributed by atoms with Crippen LogP contribution in [0.15, 0.2) is 30.6 Å². The normalized spacial score (nSPS) is 16.8. The van der Waals surface area contributed by atoms with Crippen molar-refractivity contribution in [2.75, 3.05) is 5.32 Å². The smallest absolute Gasteiger partial charge is 0.203 e. The van der Waals surface area contributed by atoms with Crippen LogP contribution >= 0.6 is 0 Å². The van der Waals surface area contributed by atoms with Gasteiger partial charge in [-0.3, -0.25) is 4.40 Å². The standard InChI is InChI=1S/C18H22N6/c1-11(2)17-22-23-18-16(20-7-8-24(17)18)21-15-6-4-13-9-12(10-19)3-5-14(13)15/h3,5,7-9,11,15H,4,6,10,19H2,1-2H3,(H,20,21). The lowest BCUT2D eigenvalue weighted by Crippen LogP contribution is -2.10. The summed E-state index contributed by atoms with van der Waals surface area (Å²) in [5, 5.41) is 12.2. The van der Waals surface area contributed by atoms with Gasteiger partial charge in [-0.25, -0.2) is 4.98 Å². The molecule has 24 heavy (non-hydrogen) atoms. The number of rotatable bonds is 4. The van der Waals surface area contributed by atoms with Gasteiger partial charge in [0.15, 0.2) is 5.82 Å². The highest BCUT2D eigenvalue weighted by molar-refractivity contribution is 5.63. The summed E-state index contributed by atoms with van der Waals surface area (Å²) in [6.45, 7) is 4.82. The molecule has 1 aliphatic rings. The highest BCUT2D eigenvalue weighted by atomic mass is 15.3. The molecule has 0 amide bonds. The van der Waals surface area contributed by atoms with E-state index in [1.54, 1.807) is 6.20 Å². The van der Waals surface area contributed by atoms with Crippen molar-refractivity contribution in [3.05, 3.63) is 53.1 Å². The average molecular weight is 322 g/mol. The molecule has 4 rings (SSSR count). The maximum absolute atomic E-state index is 5.75. The zero-order valence-corrected chi connectivity index (χ0v) is 14.0. The van der Waals surface area contributed by atoms with Crippen LogP contribution in [0.1, 0.15) is 54.7 Å². The predicted octanol–water partition coefficient (Wildman–Crippen LogP) is 2.81. The van der Waals surface area contributed by atoms with Crippen LogP contribution in [-0.4, -0.2) is 19.6 Å². The van der Waals surface area contributed by atoms with Gasteiger partial charge >= 0.3 is 0 Å². The van der Waals surface area contributed by atoms with Gasteiger partial charge in [0.05, 0.1) is 6.04 Å². The number of hydrogen-bond donors (Lipinski definition) is 2. The molecule has 0 saturated carbocycles. The first-order chi connectivity index (χ1) is 11.7. The van der Waals surface area contributed by atoms with Gasteiger partial charge in [0, 0.05) is 24.9 Å². The Kier molecular flexibility index (Phi) is 3.69. The fraction of sp³-hybridized carbons (Fsp3) is 0.389. The summed E-state index contributed by atoms with van der Waals surface area (Å²) in [5.41, 5.74) is 10.4. The minimum absolute atomic E-state index is 0.254. The second kappa shape index (κ2) is 5.87. The van der Waals surface area contributed by atoms with Crippen LogP contribution in [0.5, 0.6) is 0 Å². The Morgan fingerprint density at radius 1 is 1.33 bits per heavy atom. The summed E-state index contributed by atoms with van der Waals surface area (Å²) in [5.74, 6) is 2.06. The molecule has 3 N–H and O–H groups in total. The van der Waals surface area contributed by atoms with Gasteiger partial charge in [0.25, 0.3) is 0 Å². The Labute approximate surface area is 141 Å². The van der Waals surface area contributed by atoms with E-state index in [1.807, 2.05) is 10.6 Å². The van der Waals surface area contributed by atoms with Crippen molar-refractivity contribution >= 4 is 11.5 Å². The van der Waals surface area contributed by atoms with Gasteiger partial charge in [-0.2, -0.15) is 0 Å². The fourth-order valence-corrected chi connectivity index (χ4v) is 3.45. The lowest BCUT2D eigenvalue weighted by atomic mass is 10.0. The Hall–Kier alpha value is -2.47. The lowest BCUT2D eigenvalue weighted by molar-refractivity contribution is 0.751. The summed E-state index contributed by atoms with van der Waals surface area (Å²) in [6, 6.07) is 6.77. The fourth-order valence-electron chi connectivity index (χ4n) is 3.45. The number of nitrogens with one attached hydrogen (secondary N) is 1. The van der Waals surface area contributed by atoms with Crippen molar-refractivity contribution in [2.45, 2.75) is 45.2 Å². The molecule has 0 fully saturated rings. The van der Waals surface area contributed by atoms with E-state index in [4.69, 9.17) is 5.73 Å². The van der Waals surface area contributed by atoms with E-state index in [1.165, 1.54) is 16.7 Å². The molecule has 0 saturated heterocycles. The first-order valence-corrected chi connectivity index (χ1v) is 8.45. The maximum atomic E-state index is 5.75. The summed E-state index contributed by atoms with van der Waals surface area (Å²) in [7, 11) is 0. The van der Waals surface area contributed by atoms with Crippen molar-refractivity contribution in [2.24, 2.45) is 5.73 Å². The molecule has 0 spiro atoms. The van der Waals surface area contributed by atoms with E-state index in [0.717, 1.165) is 30.1 Å². The quantitative estimate of drug-likeness (QED) is 0.772. The maximum Gasteiger partial charge on any atom is 0.203 e. The Bertz CT molecular complexity index is 882. The predicted molar refractivity (Wildman–Crippen MR) is 93.9 cm³/mol. The van der Waals surface area contributed by atoms with Crippen molar-refractivity contribution in [3.8, 4) is 0 Å². The monoisotopic (exact) mass is 322 g/mol. The highest BCUT2D eigenvalue weighted by Gasteiger charge is 2.24. The summed E-state index contributed by atoms with van der Waals surface area (Å²) < 4.78 is 2.02. The number of aryl methyl sites for hydroxylation is 1. The van der Waals surface area contributed by atoms with Gasteiger partial charge < -0.3 is 11.1 Å². The molecule has 6 heteroatoms. The SMILES string of the molecule is CC(C)c1nnc2c(NC3CCc4cc(CN)ccc43)nccn12. The molecular formula is C18H22N6. The number of aromatic nitrogens is 4. The molecule has 2 aromatic heterocycles. The van der Waals surface area contributed by atoms with Gasteiger partial charge in [-0.1, -0.05) is 32.0 Å². The van der Waals surface area contributed by atoms with Crippen molar-refractivity contribution < 1.29 is 0 Å². The average Bonchev–Trinajstić information content (AvgIpc) is 3.19. The molecule has 3 aromatic rings. The van der Waals surface area contributed by atoms with E-state index >= 15 is 0 Å². The van der Waals surface area contributed by atoms with E-state index in [-0.39, 0.29) is 6.04 Å². The molecule has 0 aliphatic heterocycles. The number of anilines is 1. The summed E-state index contributed by atoms with van der Waals surface area (Å²) in [4.78, 5) is 4.50. The van der Waals surface area contributed by atoms with Crippen molar-refractivity contribution in [1.29, 1.82) is 0 Å². The zero-order chi connectivity index (χ0) is 16.7. The largest absolute Gasteiger partial charge is 0.360 e. The van der Waals surface area contributed by atoms with Gasteiger partial charge in [-0.15, -0.1) is 10.2 Å². The second-order valence-electron chi connectivity index (χ2n) is 6.66. The topological polar surface area (TPSA) is 81.1 Å². The molecule has 1 atom stereocenters. The first kappa shape index (κ1) is 15.1. The molecule has 0 radical (unpaired) electrons. The Morgan fingerprint density at radius 3 is 3.00 bits per heavy atom. The molecule has 2 heterocycles. The minimum Gasteiger partial charge on any atom is -0.360 e. The second-order valence-corrected chi connectivity index (χ2v) is 6.66. The van der Waals surface area contributed by atoms with Crippen LogP contribution in [0, 0.1) is 0 Å². The number of nitrogens with two attached hydrogens (primary N) is 1.